The summed E-state index contributed by atoms with van der Waals surface area (Å²) in [5.74, 6) is -0.469. The van der Waals surface area contributed by atoms with Crippen molar-refractivity contribution in [3.05, 3.63) is 64.6 Å². The predicted octanol–water partition coefficient (Wildman–Crippen LogP) is 3.40. The number of nitrogens with zero attached hydrogens (tertiary/aromatic N) is 2. The number of nitrogens with one attached hydrogen (secondary N) is 2. The summed E-state index contributed by atoms with van der Waals surface area (Å²) < 4.78 is 0.929. The number of hydrogen-bond donors (Lipinski definition) is 2. The van der Waals surface area contributed by atoms with Crippen molar-refractivity contribution in [1.29, 1.82) is 0 Å². The smallest absolute Gasteiger partial charge is 0.240 e. The second-order valence-corrected chi connectivity index (χ2v) is 7.52. The standard InChI is InChI=1S/C18H15BrN4O2S/c19-13-6-8-14(9-7-13)21-16(24)10-15-17(25)22-18(26-15)23-20-11-12-4-2-1-3-5-12/h1-9,11,15H,10H2,(H,21,24)(H,22,23,25)/b20-11-. The van der Waals surface area contributed by atoms with Crippen molar-refractivity contribution in [1.82, 2.24) is 5.32 Å². The normalized spacial score (nSPS) is 18.3. The van der Waals surface area contributed by atoms with Gasteiger partial charge in [0.2, 0.25) is 11.8 Å². The largest absolute Gasteiger partial charge is 0.326 e. The van der Waals surface area contributed by atoms with Crippen LogP contribution in [0.15, 0.2) is 69.3 Å². The van der Waals surface area contributed by atoms with Gasteiger partial charge in [-0.05, 0) is 29.8 Å². The van der Waals surface area contributed by atoms with Crippen LogP contribution in [0.2, 0.25) is 0 Å². The Kier molecular flexibility index (Phi) is 6.19. The summed E-state index contributed by atoms with van der Waals surface area (Å²) in [6.45, 7) is 0. The minimum atomic E-state index is -0.517. The minimum Gasteiger partial charge on any atom is -0.326 e. The summed E-state index contributed by atoms with van der Waals surface area (Å²) in [6, 6.07) is 16.8. The number of hydrogen-bond acceptors (Lipinski definition) is 5. The number of rotatable bonds is 5. The fourth-order valence-corrected chi connectivity index (χ4v) is 3.38. The van der Waals surface area contributed by atoms with Gasteiger partial charge in [-0.1, -0.05) is 58.0 Å². The Morgan fingerprint density at radius 3 is 2.65 bits per heavy atom. The summed E-state index contributed by atoms with van der Waals surface area (Å²) in [4.78, 5) is 24.1. The number of amides is 2. The van der Waals surface area contributed by atoms with Crippen molar-refractivity contribution in [3.63, 3.8) is 0 Å². The first-order valence-electron chi connectivity index (χ1n) is 7.79. The highest BCUT2D eigenvalue weighted by molar-refractivity contribution is 9.10. The van der Waals surface area contributed by atoms with Gasteiger partial charge in [0.05, 0.1) is 6.21 Å². The average molecular weight is 431 g/mol. The molecule has 1 heterocycles. The SMILES string of the molecule is O=C(CC1S/C(=N\N=C/c2ccccc2)NC1=O)Nc1ccc(Br)cc1. The third kappa shape index (κ3) is 5.27. The molecule has 2 N–H and O–H groups in total. The van der Waals surface area contributed by atoms with E-state index in [0.29, 0.717) is 10.9 Å². The molecule has 6 nitrogen and oxygen atoms in total. The second-order valence-electron chi connectivity index (χ2n) is 5.42. The van der Waals surface area contributed by atoms with E-state index in [2.05, 4.69) is 36.8 Å². The quantitative estimate of drug-likeness (QED) is 0.563. The molecule has 2 aromatic rings. The maximum atomic E-state index is 12.1. The fourth-order valence-electron chi connectivity index (χ4n) is 2.19. The molecule has 0 saturated carbocycles. The predicted molar refractivity (Wildman–Crippen MR) is 108 cm³/mol. The van der Waals surface area contributed by atoms with Crippen LogP contribution < -0.4 is 10.6 Å². The lowest BCUT2D eigenvalue weighted by atomic mass is 10.2. The molecule has 132 valence electrons. The fraction of sp³-hybridized carbons (Fsp3) is 0.111. The Hall–Kier alpha value is -2.45. The van der Waals surface area contributed by atoms with Gasteiger partial charge >= 0.3 is 0 Å². The monoisotopic (exact) mass is 430 g/mol. The zero-order valence-electron chi connectivity index (χ0n) is 13.6. The summed E-state index contributed by atoms with van der Waals surface area (Å²) in [7, 11) is 0. The van der Waals surface area contributed by atoms with Gasteiger partial charge in [0.25, 0.3) is 0 Å². The lowest BCUT2D eigenvalue weighted by Crippen LogP contribution is -2.28. The van der Waals surface area contributed by atoms with E-state index in [1.54, 1.807) is 18.3 Å². The van der Waals surface area contributed by atoms with Gasteiger partial charge in [0, 0.05) is 16.6 Å². The third-order valence-corrected chi connectivity index (χ3v) is 5.03. The van der Waals surface area contributed by atoms with E-state index >= 15 is 0 Å². The molecule has 3 rings (SSSR count). The molecule has 2 amide bonds. The minimum absolute atomic E-state index is 0.0635. The van der Waals surface area contributed by atoms with Crippen LogP contribution in [-0.4, -0.2) is 28.4 Å². The van der Waals surface area contributed by atoms with Gasteiger partial charge in [0.1, 0.15) is 5.25 Å². The Morgan fingerprint density at radius 2 is 1.92 bits per heavy atom. The summed E-state index contributed by atoms with van der Waals surface area (Å²) in [5, 5.41) is 13.3. The van der Waals surface area contributed by atoms with Crippen molar-refractivity contribution in [2.75, 3.05) is 5.32 Å². The number of carbonyl (C=O) groups excluding carboxylic acids is 2. The number of carbonyl (C=O) groups is 2. The van der Waals surface area contributed by atoms with E-state index in [1.165, 1.54) is 11.8 Å². The Bertz CT molecular complexity index is 853. The molecule has 1 aliphatic rings. The Balaban J connectivity index is 1.54. The molecule has 0 bridgehead atoms. The highest BCUT2D eigenvalue weighted by Crippen LogP contribution is 2.23. The topological polar surface area (TPSA) is 82.9 Å². The van der Waals surface area contributed by atoms with Gasteiger partial charge in [-0.25, -0.2) is 0 Å². The van der Waals surface area contributed by atoms with Crippen molar-refractivity contribution >= 4 is 56.6 Å². The molecule has 0 aliphatic carbocycles. The van der Waals surface area contributed by atoms with E-state index in [9.17, 15) is 9.59 Å². The van der Waals surface area contributed by atoms with Crippen LogP contribution >= 0.6 is 27.7 Å². The van der Waals surface area contributed by atoms with Crippen LogP contribution in [0.1, 0.15) is 12.0 Å². The zero-order valence-corrected chi connectivity index (χ0v) is 16.0. The maximum absolute atomic E-state index is 12.1. The molecule has 0 spiro atoms. The van der Waals surface area contributed by atoms with Crippen LogP contribution in [0.5, 0.6) is 0 Å². The number of halogens is 1. The molecule has 8 heteroatoms. The highest BCUT2D eigenvalue weighted by Gasteiger charge is 2.32. The van der Waals surface area contributed by atoms with Crippen LogP contribution in [0, 0.1) is 0 Å². The van der Waals surface area contributed by atoms with Gasteiger partial charge < -0.3 is 10.6 Å². The van der Waals surface area contributed by atoms with E-state index < -0.39 is 5.25 Å². The molecule has 0 aromatic heterocycles. The van der Waals surface area contributed by atoms with Crippen molar-refractivity contribution < 1.29 is 9.59 Å². The van der Waals surface area contributed by atoms with Crippen molar-refractivity contribution in [2.24, 2.45) is 10.2 Å². The van der Waals surface area contributed by atoms with E-state index in [4.69, 9.17) is 0 Å². The molecule has 1 unspecified atom stereocenters. The van der Waals surface area contributed by atoms with Crippen LogP contribution in [0.25, 0.3) is 0 Å². The summed E-state index contributed by atoms with van der Waals surface area (Å²) >= 11 is 4.54. The molecular weight excluding hydrogens is 416 g/mol. The molecule has 1 saturated heterocycles. The summed E-state index contributed by atoms with van der Waals surface area (Å²) in [5.41, 5.74) is 1.60. The molecular formula is C18H15BrN4O2S. The van der Waals surface area contributed by atoms with Crippen molar-refractivity contribution in [2.45, 2.75) is 11.7 Å². The first-order chi connectivity index (χ1) is 12.6. The van der Waals surface area contributed by atoms with E-state index in [0.717, 1.165) is 10.0 Å². The molecule has 0 radical (unpaired) electrons. The number of thioether (sulfide) groups is 1. The Labute approximate surface area is 163 Å². The third-order valence-electron chi connectivity index (χ3n) is 3.43. The number of anilines is 1. The molecule has 1 fully saturated rings. The second kappa shape index (κ2) is 8.77. The van der Waals surface area contributed by atoms with Crippen molar-refractivity contribution in [3.8, 4) is 0 Å². The number of amidine groups is 1. The van der Waals surface area contributed by atoms with Crippen LogP contribution in [-0.2, 0) is 9.59 Å². The number of benzene rings is 2. The first kappa shape index (κ1) is 18.3. The average Bonchev–Trinajstić information content (AvgIpc) is 2.97. The van der Waals surface area contributed by atoms with Gasteiger partial charge in [-0.15, -0.1) is 5.10 Å². The summed E-state index contributed by atoms with van der Waals surface area (Å²) in [6.07, 6.45) is 1.67. The maximum Gasteiger partial charge on any atom is 0.240 e. The van der Waals surface area contributed by atoms with Gasteiger partial charge in [-0.3, -0.25) is 9.59 Å². The van der Waals surface area contributed by atoms with E-state index in [-0.39, 0.29) is 18.2 Å². The lowest BCUT2D eigenvalue weighted by Gasteiger charge is -2.07. The molecule has 1 atom stereocenters. The lowest BCUT2D eigenvalue weighted by molar-refractivity contribution is -0.122. The molecule has 26 heavy (non-hydrogen) atoms. The van der Waals surface area contributed by atoms with Crippen LogP contribution in [0.4, 0.5) is 5.69 Å². The molecule has 1 aliphatic heterocycles. The van der Waals surface area contributed by atoms with Gasteiger partial charge in [0.15, 0.2) is 5.17 Å². The highest BCUT2D eigenvalue weighted by atomic mass is 79.9. The van der Waals surface area contributed by atoms with Crippen LogP contribution in [0.3, 0.4) is 0 Å². The Morgan fingerprint density at radius 1 is 1.19 bits per heavy atom. The van der Waals surface area contributed by atoms with E-state index in [1.807, 2.05) is 42.5 Å². The molecule has 2 aromatic carbocycles. The zero-order chi connectivity index (χ0) is 18.4. The van der Waals surface area contributed by atoms with Gasteiger partial charge in [-0.2, -0.15) is 5.10 Å². The first-order valence-corrected chi connectivity index (χ1v) is 9.46.